The number of anilines is 3. The standard InChI is InChI=1S/C23H16F3N9O2/c24-23(25,26)13-1-6-17(34-11-30-31-12-34)16(9-13)33-22(37)32-14-2-4-15(5-3-14)35-8-7-18(36)19-20(27)28-10-29-21(19)35/h1-12H,(H2,27,28,29)(H2,32,33,37). The fourth-order valence-corrected chi connectivity index (χ4v) is 3.67. The number of halogens is 3. The fraction of sp³-hybridized carbons (Fsp3) is 0.0435. The van der Waals surface area contributed by atoms with Gasteiger partial charge in [-0.3, -0.25) is 9.36 Å². The summed E-state index contributed by atoms with van der Waals surface area (Å²) >= 11 is 0. The molecule has 14 heteroatoms. The van der Waals surface area contributed by atoms with Crippen molar-refractivity contribution in [3.05, 3.63) is 89.5 Å². The van der Waals surface area contributed by atoms with Crippen molar-refractivity contribution in [3.8, 4) is 11.4 Å². The number of aromatic nitrogens is 6. The Labute approximate surface area is 205 Å². The van der Waals surface area contributed by atoms with Gasteiger partial charge in [-0.2, -0.15) is 13.2 Å². The molecule has 2 aromatic carbocycles. The number of nitrogens with zero attached hydrogens (tertiary/aromatic N) is 6. The molecule has 3 aromatic heterocycles. The first kappa shape index (κ1) is 23.5. The first-order valence-electron chi connectivity index (χ1n) is 10.6. The number of nitrogen functional groups attached to an aromatic ring is 1. The number of benzene rings is 2. The van der Waals surface area contributed by atoms with Crippen molar-refractivity contribution in [1.29, 1.82) is 0 Å². The summed E-state index contributed by atoms with van der Waals surface area (Å²) in [6.07, 6.45) is 0.770. The summed E-state index contributed by atoms with van der Waals surface area (Å²) in [5, 5.41) is 12.5. The van der Waals surface area contributed by atoms with E-state index in [2.05, 4.69) is 30.8 Å². The van der Waals surface area contributed by atoms with Crippen LogP contribution in [-0.4, -0.2) is 35.3 Å². The number of hydrogen-bond acceptors (Lipinski definition) is 7. The zero-order chi connectivity index (χ0) is 26.2. The van der Waals surface area contributed by atoms with Gasteiger partial charge >= 0.3 is 12.2 Å². The van der Waals surface area contributed by atoms with E-state index in [0.29, 0.717) is 17.0 Å². The number of fused-ring (bicyclic) bond motifs is 1. The number of urea groups is 1. The highest BCUT2D eigenvalue weighted by Gasteiger charge is 2.31. The van der Waals surface area contributed by atoms with Gasteiger partial charge in [-0.25, -0.2) is 14.8 Å². The van der Waals surface area contributed by atoms with Crippen molar-refractivity contribution in [2.45, 2.75) is 6.18 Å². The van der Waals surface area contributed by atoms with Crippen LogP contribution in [0.5, 0.6) is 0 Å². The first-order valence-corrected chi connectivity index (χ1v) is 10.6. The monoisotopic (exact) mass is 507 g/mol. The van der Waals surface area contributed by atoms with Crippen LogP contribution in [0.4, 0.5) is 35.2 Å². The van der Waals surface area contributed by atoms with Crippen LogP contribution in [0.1, 0.15) is 5.56 Å². The molecule has 0 aliphatic carbocycles. The summed E-state index contributed by atoms with van der Waals surface area (Å²) in [5.41, 5.74) is 6.01. The number of pyridine rings is 1. The SMILES string of the molecule is Nc1ncnc2c1c(=O)ccn2-c1ccc(NC(=O)Nc2cc(C(F)(F)F)ccc2-n2cnnc2)cc1. The smallest absolute Gasteiger partial charge is 0.383 e. The fourth-order valence-electron chi connectivity index (χ4n) is 3.67. The number of hydrogen-bond donors (Lipinski definition) is 3. The molecule has 4 N–H and O–H groups in total. The van der Waals surface area contributed by atoms with Crippen LogP contribution < -0.4 is 21.8 Å². The van der Waals surface area contributed by atoms with Crippen LogP contribution in [0, 0.1) is 0 Å². The van der Waals surface area contributed by atoms with Gasteiger partial charge in [-0.05, 0) is 42.5 Å². The Morgan fingerprint density at radius 1 is 0.946 bits per heavy atom. The van der Waals surface area contributed by atoms with Gasteiger partial charge in [0.25, 0.3) is 0 Å². The summed E-state index contributed by atoms with van der Waals surface area (Å²) in [5.74, 6) is 0.0553. The number of carbonyl (C=O) groups is 1. The van der Waals surface area contributed by atoms with Crippen molar-refractivity contribution < 1.29 is 18.0 Å². The predicted octanol–water partition coefficient (Wildman–Crippen LogP) is 3.61. The molecule has 0 bridgehead atoms. The van der Waals surface area contributed by atoms with E-state index in [1.807, 2.05) is 0 Å². The van der Waals surface area contributed by atoms with Crippen LogP contribution in [0.15, 0.2) is 78.5 Å². The molecule has 0 saturated carbocycles. The molecule has 0 fully saturated rings. The van der Waals surface area contributed by atoms with Crippen LogP contribution in [0.25, 0.3) is 22.4 Å². The highest BCUT2D eigenvalue weighted by Crippen LogP contribution is 2.33. The Hall–Kier alpha value is -5.27. The number of carbonyl (C=O) groups excluding carboxylic acids is 1. The van der Waals surface area contributed by atoms with Crippen molar-refractivity contribution in [1.82, 2.24) is 29.3 Å². The molecule has 0 unspecified atom stereocenters. The second-order valence-corrected chi connectivity index (χ2v) is 7.73. The lowest BCUT2D eigenvalue weighted by Crippen LogP contribution is -2.21. The molecule has 0 spiro atoms. The Balaban J connectivity index is 1.39. The molecule has 5 aromatic rings. The normalized spacial score (nSPS) is 11.4. The first-order chi connectivity index (χ1) is 17.7. The third-order valence-electron chi connectivity index (χ3n) is 5.38. The van der Waals surface area contributed by atoms with Crippen LogP contribution in [0.2, 0.25) is 0 Å². The molecule has 186 valence electrons. The molecule has 2 amide bonds. The van der Waals surface area contributed by atoms with Gasteiger partial charge in [0, 0.05) is 23.6 Å². The van der Waals surface area contributed by atoms with Gasteiger partial charge < -0.3 is 20.9 Å². The molecule has 0 radical (unpaired) electrons. The maximum absolute atomic E-state index is 13.3. The number of alkyl halides is 3. The molecule has 11 nitrogen and oxygen atoms in total. The van der Waals surface area contributed by atoms with Gasteiger partial charge in [0.1, 0.15) is 30.2 Å². The molecular weight excluding hydrogens is 491 g/mol. The molecule has 5 rings (SSSR count). The van der Waals surface area contributed by atoms with Crippen molar-refractivity contribution in [2.24, 2.45) is 0 Å². The molecular formula is C23H16F3N9O2. The van der Waals surface area contributed by atoms with Crippen molar-refractivity contribution in [3.63, 3.8) is 0 Å². The van der Waals surface area contributed by atoms with E-state index >= 15 is 0 Å². The highest BCUT2D eigenvalue weighted by atomic mass is 19.4. The van der Waals surface area contributed by atoms with E-state index in [0.717, 1.165) is 12.1 Å². The summed E-state index contributed by atoms with van der Waals surface area (Å²) in [4.78, 5) is 32.8. The van der Waals surface area contributed by atoms with Gasteiger partial charge in [-0.1, -0.05) is 0 Å². The third-order valence-corrected chi connectivity index (χ3v) is 5.38. The van der Waals surface area contributed by atoms with Crippen LogP contribution >= 0.6 is 0 Å². The average Bonchev–Trinajstić information content (AvgIpc) is 3.39. The van der Waals surface area contributed by atoms with E-state index < -0.39 is 17.8 Å². The minimum absolute atomic E-state index is 0.0553. The van der Waals surface area contributed by atoms with Crippen molar-refractivity contribution in [2.75, 3.05) is 16.4 Å². The quantitative estimate of drug-likeness (QED) is 0.337. The zero-order valence-corrected chi connectivity index (χ0v) is 18.6. The van der Waals surface area contributed by atoms with E-state index in [1.54, 1.807) is 28.8 Å². The second kappa shape index (κ2) is 9.07. The highest BCUT2D eigenvalue weighted by molar-refractivity contribution is 6.01. The number of rotatable bonds is 4. The van der Waals surface area contributed by atoms with Gasteiger partial charge in [0.15, 0.2) is 11.1 Å². The van der Waals surface area contributed by atoms with E-state index in [4.69, 9.17) is 5.73 Å². The second-order valence-electron chi connectivity index (χ2n) is 7.73. The molecule has 0 atom stereocenters. The van der Waals surface area contributed by atoms with Crippen LogP contribution in [-0.2, 0) is 6.18 Å². The third kappa shape index (κ3) is 4.67. The van der Waals surface area contributed by atoms with Gasteiger partial charge in [0.05, 0.1) is 16.9 Å². The Kier molecular flexibility index (Phi) is 5.75. The Morgan fingerprint density at radius 2 is 1.68 bits per heavy atom. The number of nitrogens with two attached hydrogens (primary N) is 1. The summed E-state index contributed by atoms with van der Waals surface area (Å²) in [7, 11) is 0. The lowest BCUT2D eigenvalue weighted by Gasteiger charge is -2.15. The molecule has 0 saturated heterocycles. The van der Waals surface area contributed by atoms with E-state index in [-0.39, 0.29) is 28.0 Å². The lowest BCUT2D eigenvalue weighted by molar-refractivity contribution is -0.137. The molecule has 37 heavy (non-hydrogen) atoms. The lowest BCUT2D eigenvalue weighted by atomic mass is 10.1. The Morgan fingerprint density at radius 3 is 2.38 bits per heavy atom. The van der Waals surface area contributed by atoms with E-state index in [1.165, 1.54) is 41.9 Å². The maximum atomic E-state index is 13.3. The van der Waals surface area contributed by atoms with E-state index in [9.17, 15) is 22.8 Å². The summed E-state index contributed by atoms with van der Waals surface area (Å²) in [6, 6.07) is 9.98. The minimum atomic E-state index is -4.60. The van der Waals surface area contributed by atoms with Crippen molar-refractivity contribution >= 4 is 34.3 Å². The zero-order valence-electron chi connectivity index (χ0n) is 18.6. The average molecular weight is 507 g/mol. The maximum Gasteiger partial charge on any atom is 0.416 e. The van der Waals surface area contributed by atoms with Gasteiger partial charge in [0.2, 0.25) is 0 Å². The molecule has 3 heterocycles. The Bertz CT molecular complexity index is 1660. The molecule has 0 aliphatic heterocycles. The summed E-state index contributed by atoms with van der Waals surface area (Å²) < 4.78 is 42.8. The topological polar surface area (TPSA) is 146 Å². The van der Waals surface area contributed by atoms with Gasteiger partial charge in [-0.15, -0.1) is 10.2 Å². The minimum Gasteiger partial charge on any atom is -0.383 e. The largest absolute Gasteiger partial charge is 0.416 e. The molecule has 0 aliphatic rings. The predicted molar refractivity (Wildman–Crippen MR) is 129 cm³/mol. The summed E-state index contributed by atoms with van der Waals surface area (Å²) in [6.45, 7) is 0. The number of nitrogens with one attached hydrogen (secondary N) is 2. The number of amides is 2. The van der Waals surface area contributed by atoms with Crippen LogP contribution in [0.3, 0.4) is 0 Å².